The van der Waals surface area contributed by atoms with Gasteiger partial charge in [-0.05, 0) is 18.3 Å². The van der Waals surface area contributed by atoms with E-state index in [0.717, 1.165) is 38.4 Å². The molecule has 1 saturated heterocycles. The number of hydrogen-bond donors (Lipinski definition) is 1. The number of halogens is 2. The van der Waals surface area contributed by atoms with Crippen LogP contribution in [-0.2, 0) is 0 Å². The second-order valence-electron chi connectivity index (χ2n) is 5.53. The summed E-state index contributed by atoms with van der Waals surface area (Å²) in [6, 6.07) is 0.905. The molecule has 1 N–H and O–H groups in total. The number of hydrogen-bond acceptors (Lipinski definition) is 3. The van der Waals surface area contributed by atoms with E-state index in [1.54, 1.807) is 7.05 Å². The molecule has 0 saturated carbocycles. The Labute approximate surface area is 113 Å². The van der Waals surface area contributed by atoms with Crippen LogP contribution in [0.15, 0.2) is 6.07 Å². The number of rotatable bonds is 3. The first-order valence-corrected chi connectivity index (χ1v) is 6.78. The van der Waals surface area contributed by atoms with Crippen molar-refractivity contribution in [2.45, 2.75) is 33.1 Å². The molecule has 0 spiro atoms. The highest BCUT2D eigenvalue weighted by Crippen LogP contribution is 2.36. The van der Waals surface area contributed by atoms with Crippen LogP contribution in [0.1, 0.15) is 33.1 Å². The minimum absolute atomic E-state index is 0.0974. The normalized spacial score (nSPS) is 18.5. The largest absolute Gasteiger partial charge is 0.371 e. The number of pyridine rings is 1. The van der Waals surface area contributed by atoms with Crippen LogP contribution < -0.4 is 10.2 Å². The maximum absolute atomic E-state index is 13.9. The first-order chi connectivity index (χ1) is 8.99. The van der Waals surface area contributed by atoms with Gasteiger partial charge in [-0.3, -0.25) is 0 Å². The SMILES string of the molecule is CCC1(C)CCN(c2nc(NC)c(F)cc2F)CC1. The molecule has 2 heterocycles. The average molecular weight is 269 g/mol. The van der Waals surface area contributed by atoms with E-state index < -0.39 is 11.6 Å². The number of piperidine rings is 1. The summed E-state index contributed by atoms with van der Waals surface area (Å²) in [5.41, 5.74) is 0.332. The molecule has 0 unspecified atom stereocenters. The van der Waals surface area contributed by atoms with Gasteiger partial charge in [-0.1, -0.05) is 20.3 Å². The highest BCUT2D eigenvalue weighted by atomic mass is 19.1. The summed E-state index contributed by atoms with van der Waals surface area (Å²) in [6.45, 7) is 5.98. The van der Waals surface area contributed by atoms with Crippen LogP contribution in [-0.4, -0.2) is 25.1 Å². The fourth-order valence-electron chi connectivity index (χ4n) is 2.47. The van der Waals surface area contributed by atoms with Crippen molar-refractivity contribution in [1.82, 2.24) is 4.98 Å². The minimum Gasteiger partial charge on any atom is -0.371 e. The van der Waals surface area contributed by atoms with Gasteiger partial charge in [0, 0.05) is 26.2 Å². The molecule has 19 heavy (non-hydrogen) atoms. The zero-order chi connectivity index (χ0) is 14.0. The lowest BCUT2D eigenvalue weighted by Crippen LogP contribution is -2.39. The van der Waals surface area contributed by atoms with Gasteiger partial charge in [0.15, 0.2) is 23.3 Å². The number of aromatic nitrogens is 1. The molecule has 106 valence electrons. The lowest BCUT2D eigenvalue weighted by molar-refractivity contribution is 0.237. The molecule has 1 fully saturated rings. The first kappa shape index (κ1) is 14.0. The summed E-state index contributed by atoms with van der Waals surface area (Å²) in [6.07, 6.45) is 3.15. The van der Waals surface area contributed by atoms with Crippen molar-refractivity contribution in [2.75, 3.05) is 30.4 Å². The Balaban J connectivity index is 2.20. The van der Waals surface area contributed by atoms with Crippen LogP contribution in [0.2, 0.25) is 0 Å². The monoisotopic (exact) mass is 269 g/mol. The molecular weight excluding hydrogens is 248 g/mol. The fourth-order valence-corrected chi connectivity index (χ4v) is 2.47. The molecule has 0 bridgehead atoms. The van der Waals surface area contributed by atoms with Crippen LogP contribution in [0.25, 0.3) is 0 Å². The van der Waals surface area contributed by atoms with Crippen molar-refractivity contribution >= 4 is 11.6 Å². The van der Waals surface area contributed by atoms with Gasteiger partial charge in [-0.2, -0.15) is 0 Å². The van der Waals surface area contributed by atoms with Crippen molar-refractivity contribution in [3.05, 3.63) is 17.7 Å². The Morgan fingerprint density at radius 3 is 2.47 bits per heavy atom. The van der Waals surface area contributed by atoms with Crippen LogP contribution in [0, 0.1) is 17.0 Å². The zero-order valence-electron chi connectivity index (χ0n) is 11.8. The van der Waals surface area contributed by atoms with E-state index in [4.69, 9.17) is 0 Å². The van der Waals surface area contributed by atoms with Gasteiger partial charge in [-0.15, -0.1) is 0 Å². The van der Waals surface area contributed by atoms with Crippen molar-refractivity contribution in [1.29, 1.82) is 0 Å². The maximum atomic E-state index is 13.9. The molecule has 3 nitrogen and oxygen atoms in total. The Kier molecular flexibility index (Phi) is 3.92. The smallest absolute Gasteiger partial charge is 0.168 e. The lowest BCUT2D eigenvalue weighted by atomic mass is 9.78. The molecule has 1 aliphatic heterocycles. The number of nitrogens with one attached hydrogen (secondary N) is 1. The van der Waals surface area contributed by atoms with Gasteiger partial charge in [-0.25, -0.2) is 13.8 Å². The summed E-state index contributed by atoms with van der Waals surface area (Å²) in [5.74, 6) is -0.889. The maximum Gasteiger partial charge on any atom is 0.168 e. The van der Waals surface area contributed by atoms with Gasteiger partial charge in [0.05, 0.1) is 0 Å². The molecule has 1 aromatic rings. The number of nitrogens with zero attached hydrogens (tertiary/aromatic N) is 2. The molecule has 0 atom stereocenters. The van der Waals surface area contributed by atoms with Gasteiger partial charge in [0.2, 0.25) is 0 Å². The van der Waals surface area contributed by atoms with Gasteiger partial charge in [0.25, 0.3) is 0 Å². The summed E-state index contributed by atoms with van der Waals surface area (Å²) in [4.78, 5) is 5.96. The van der Waals surface area contributed by atoms with E-state index in [9.17, 15) is 8.78 Å². The van der Waals surface area contributed by atoms with E-state index in [0.29, 0.717) is 5.41 Å². The molecule has 1 aliphatic rings. The molecule has 0 amide bonds. The van der Waals surface area contributed by atoms with Crippen molar-refractivity contribution in [2.24, 2.45) is 5.41 Å². The minimum atomic E-state index is -0.654. The van der Waals surface area contributed by atoms with Crippen LogP contribution in [0.5, 0.6) is 0 Å². The van der Waals surface area contributed by atoms with E-state index in [1.807, 2.05) is 4.90 Å². The average Bonchev–Trinajstić information content (AvgIpc) is 2.40. The highest BCUT2D eigenvalue weighted by molar-refractivity contribution is 5.49. The van der Waals surface area contributed by atoms with Crippen molar-refractivity contribution in [3.63, 3.8) is 0 Å². The molecule has 5 heteroatoms. The standard InChI is InChI=1S/C14H21F2N3/c1-4-14(2)5-7-19(8-6-14)13-11(16)9-10(15)12(17-3)18-13/h9H,4-8H2,1-3H3,(H,17,18). The van der Waals surface area contributed by atoms with Crippen LogP contribution in [0.4, 0.5) is 20.4 Å². The van der Waals surface area contributed by atoms with Crippen molar-refractivity contribution < 1.29 is 8.78 Å². The van der Waals surface area contributed by atoms with Crippen molar-refractivity contribution in [3.8, 4) is 0 Å². The molecule has 1 aromatic heterocycles. The molecule has 0 aromatic carbocycles. The Morgan fingerprint density at radius 1 is 1.32 bits per heavy atom. The predicted molar refractivity (Wildman–Crippen MR) is 73.5 cm³/mol. The van der Waals surface area contributed by atoms with E-state index in [1.165, 1.54) is 0 Å². The molecular formula is C14H21F2N3. The summed E-state index contributed by atoms with van der Waals surface area (Å²) in [7, 11) is 1.58. The van der Waals surface area contributed by atoms with E-state index >= 15 is 0 Å². The number of anilines is 2. The van der Waals surface area contributed by atoms with E-state index in [-0.39, 0.29) is 11.6 Å². The fraction of sp³-hybridized carbons (Fsp3) is 0.643. The predicted octanol–water partition coefficient (Wildman–Crippen LogP) is 3.42. The third kappa shape index (κ3) is 2.80. The summed E-state index contributed by atoms with van der Waals surface area (Å²) < 4.78 is 27.2. The van der Waals surface area contributed by atoms with Gasteiger partial charge in [0.1, 0.15) is 0 Å². The molecule has 0 aliphatic carbocycles. The zero-order valence-corrected chi connectivity index (χ0v) is 11.8. The second kappa shape index (κ2) is 5.31. The summed E-state index contributed by atoms with van der Waals surface area (Å²) in [5, 5.41) is 2.65. The quantitative estimate of drug-likeness (QED) is 0.911. The Hall–Kier alpha value is -1.39. The lowest BCUT2D eigenvalue weighted by Gasteiger charge is -2.39. The molecule has 2 rings (SSSR count). The van der Waals surface area contributed by atoms with Crippen LogP contribution >= 0.6 is 0 Å². The second-order valence-corrected chi connectivity index (χ2v) is 5.53. The first-order valence-electron chi connectivity index (χ1n) is 6.78. The van der Waals surface area contributed by atoms with Crippen LogP contribution in [0.3, 0.4) is 0 Å². The van der Waals surface area contributed by atoms with E-state index in [2.05, 4.69) is 24.1 Å². The molecule has 0 radical (unpaired) electrons. The Bertz CT molecular complexity index is 454. The summed E-state index contributed by atoms with van der Waals surface area (Å²) >= 11 is 0. The van der Waals surface area contributed by atoms with Gasteiger partial charge < -0.3 is 10.2 Å². The topological polar surface area (TPSA) is 28.2 Å². The highest BCUT2D eigenvalue weighted by Gasteiger charge is 2.30. The Morgan fingerprint density at radius 2 is 1.95 bits per heavy atom. The third-order valence-electron chi connectivity index (χ3n) is 4.27. The van der Waals surface area contributed by atoms with Gasteiger partial charge >= 0.3 is 0 Å². The third-order valence-corrected chi connectivity index (χ3v) is 4.27.